The van der Waals surface area contributed by atoms with E-state index < -0.39 is 23.5 Å². The number of fused-ring (bicyclic) bond motifs is 1. The third-order valence-corrected chi connectivity index (χ3v) is 5.96. The molecule has 3 heterocycles. The van der Waals surface area contributed by atoms with Gasteiger partial charge in [-0.3, -0.25) is 9.78 Å². The average Bonchev–Trinajstić information content (AvgIpc) is 3.15. The van der Waals surface area contributed by atoms with Crippen LogP contribution in [0.1, 0.15) is 36.8 Å². The van der Waals surface area contributed by atoms with Gasteiger partial charge < -0.3 is 25.1 Å². The first-order valence-electron chi connectivity index (χ1n) is 10.9. The van der Waals surface area contributed by atoms with Crippen LogP contribution < -0.4 is 15.4 Å². The summed E-state index contributed by atoms with van der Waals surface area (Å²) in [5, 5.41) is 5.92. The minimum atomic E-state index is -1.47. The monoisotopic (exact) mass is 458 g/mol. The van der Waals surface area contributed by atoms with Crippen molar-refractivity contribution >= 4 is 11.6 Å². The van der Waals surface area contributed by atoms with Crippen molar-refractivity contribution in [2.24, 2.45) is 5.92 Å². The molecule has 2 unspecified atom stereocenters. The molecule has 2 aromatic rings. The highest BCUT2D eigenvalue weighted by Gasteiger charge is 2.30. The predicted molar refractivity (Wildman–Crippen MR) is 122 cm³/mol. The van der Waals surface area contributed by atoms with Crippen LogP contribution in [0.15, 0.2) is 42.1 Å². The van der Waals surface area contributed by atoms with E-state index in [4.69, 9.17) is 9.47 Å². The number of aromatic nitrogens is 2. The number of methoxy groups -OCH3 is 1. The van der Waals surface area contributed by atoms with Gasteiger partial charge in [0, 0.05) is 49.1 Å². The molecular weight excluding hydrogens is 430 g/mol. The smallest absolute Gasteiger partial charge is 0.255 e. The number of carbonyl (C=O) groups excluding carboxylic acids is 1. The average molecular weight is 459 g/mol. The number of alkyl halides is 1. The maximum atomic E-state index is 14.3. The molecule has 4 rings (SSSR count). The van der Waals surface area contributed by atoms with Gasteiger partial charge in [0.15, 0.2) is 0 Å². The number of aromatic amines is 1. The lowest BCUT2D eigenvalue weighted by Gasteiger charge is -2.24. The summed E-state index contributed by atoms with van der Waals surface area (Å²) >= 11 is 0. The molecule has 1 aliphatic heterocycles. The Morgan fingerprint density at radius 1 is 1.36 bits per heavy atom. The fourth-order valence-corrected chi connectivity index (χ4v) is 3.74. The molecule has 1 aliphatic carbocycles. The Bertz CT molecular complexity index is 1120. The van der Waals surface area contributed by atoms with Crippen molar-refractivity contribution in [3.05, 3.63) is 53.4 Å². The largest absolute Gasteiger partial charge is 0.488 e. The molecular formula is C24H28F2N4O3. The summed E-state index contributed by atoms with van der Waals surface area (Å²) < 4.78 is 40.1. The van der Waals surface area contributed by atoms with Gasteiger partial charge in [-0.15, -0.1) is 0 Å². The second kappa shape index (κ2) is 8.97. The molecule has 9 heteroatoms. The van der Waals surface area contributed by atoms with Crippen molar-refractivity contribution in [1.29, 1.82) is 0 Å². The van der Waals surface area contributed by atoms with Gasteiger partial charge in [0.25, 0.3) is 5.91 Å². The second-order valence-electron chi connectivity index (χ2n) is 8.87. The fourth-order valence-electron chi connectivity index (χ4n) is 3.74. The van der Waals surface area contributed by atoms with Crippen molar-refractivity contribution < 1.29 is 23.0 Å². The van der Waals surface area contributed by atoms with E-state index in [1.807, 2.05) is 13.8 Å². The maximum absolute atomic E-state index is 14.3. The van der Waals surface area contributed by atoms with Crippen molar-refractivity contribution in [1.82, 2.24) is 15.3 Å². The Morgan fingerprint density at radius 2 is 2.15 bits per heavy atom. The number of rotatable bonds is 7. The van der Waals surface area contributed by atoms with Crippen LogP contribution in [0.25, 0.3) is 11.3 Å². The zero-order valence-electron chi connectivity index (χ0n) is 19.1. The molecule has 0 bridgehead atoms. The van der Waals surface area contributed by atoms with E-state index in [0.29, 0.717) is 41.2 Å². The lowest BCUT2D eigenvalue weighted by Crippen LogP contribution is -2.31. The highest BCUT2D eigenvalue weighted by atomic mass is 19.1. The van der Waals surface area contributed by atoms with E-state index in [0.717, 1.165) is 5.69 Å². The Kier molecular flexibility index (Phi) is 6.25. The number of pyridine rings is 1. The lowest BCUT2D eigenvalue weighted by molar-refractivity contribution is -0.0146. The van der Waals surface area contributed by atoms with E-state index in [1.165, 1.54) is 19.1 Å². The van der Waals surface area contributed by atoms with Crippen LogP contribution in [-0.2, 0) is 11.2 Å². The van der Waals surface area contributed by atoms with Crippen LogP contribution >= 0.6 is 0 Å². The van der Waals surface area contributed by atoms with E-state index in [1.54, 1.807) is 25.6 Å². The van der Waals surface area contributed by atoms with Gasteiger partial charge >= 0.3 is 0 Å². The summed E-state index contributed by atoms with van der Waals surface area (Å²) in [6.45, 7) is 6.06. The minimum absolute atomic E-state index is 0.247. The highest BCUT2D eigenvalue weighted by Crippen LogP contribution is 2.40. The Morgan fingerprint density at radius 3 is 2.88 bits per heavy atom. The summed E-state index contributed by atoms with van der Waals surface area (Å²) in [6.07, 6.45) is 4.91. The number of nitrogens with zero attached hydrogens (tertiary/aromatic N) is 1. The third kappa shape index (κ3) is 4.64. The minimum Gasteiger partial charge on any atom is -0.488 e. The quantitative estimate of drug-likeness (QED) is 0.576. The van der Waals surface area contributed by atoms with Gasteiger partial charge in [0.05, 0.1) is 28.7 Å². The van der Waals surface area contributed by atoms with Crippen LogP contribution in [0.5, 0.6) is 5.75 Å². The summed E-state index contributed by atoms with van der Waals surface area (Å²) in [6, 6.07) is 1.77. The molecule has 0 aromatic carbocycles. The number of amides is 1. The first-order chi connectivity index (χ1) is 15.7. The first-order valence-corrected chi connectivity index (χ1v) is 10.9. The number of ether oxygens (including phenoxy) is 2. The molecule has 0 fully saturated rings. The molecule has 0 radical (unpaired) electrons. The van der Waals surface area contributed by atoms with E-state index in [2.05, 4.69) is 20.6 Å². The van der Waals surface area contributed by atoms with E-state index in [-0.39, 0.29) is 18.2 Å². The molecule has 0 spiro atoms. The molecule has 1 amide bonds. The second-order valence-corrected chi connectivity index (χ2v) is 8.87. The first kappa shape index (κ1) is 23.0. The van der Waals surface area contributed by atoms with Gasteiger partial charge in [0.1, 0.15) is 24.4 Å². The topological polar surface area (TPSA) is 88.3 Å². The summed E-state index contributed by atoms with van der Waals surface area (Å²) in [7, 11) is 1.61. The molecule has 2 aromatic heterocycles. The van der Waals surface area contributed by atoms with Crippen LogP contribution in [0.3, 0.4) is 0 Å². The highest BCUT2D eigenvalue weighted by molar-refractivity contribution is 6.06. The molecule has 0 saturated carbocycles. The molecule has 176 valence electrons. The van der Waals surface area contributed by atoms with E-state index >= 15 is 0 Å². The van der Waals surface area contributed by atoms with Crippen molar-refractivity contribution in [3.8, 4) is 17.0 Å². The van der Waals surface area contributed by atoms with Gasteiger partial charge in [0.2, 0.25) is 0 Å². The SMILES string of the molecule is COC(C)(C)COc1cnccc1-c1[nH]c2c(c1NC1=CC(F)C(C)C(F)=C1)C(=O)NCC2. The number of nitrogens with one attached hydrogen (secondary N) is 3. The van der Waals surface area contributed by atoms with Crippen LogP contribution in [-0.4, -0.2) is 47.9 Å². The zero-order valence-corrected chi connectivity index (χ0v) is 19.1. The van der Waals surface area contributed by atoms with Crippen molar-refractivity contribution in [3.63, 3.8) is 0 Å². The summed E-state index contributed by atoms with van der Waals surface area (Å²) in [5.41, 5.74) is 2.55. The standard InChI is InChI=1S/C24H28F2N4O3/c1-13-16(25)9-14(10-17(13)26)29-22-20-18(6-8-28-23(20)31)30-21(22)15-5-7-27-11-19(15)33-12-24(2,3)32-4/h5,7,9-11,13,16,29-30H,6,8,12H2,1-4H3,(H,28,31). The van der Waals surface area contributed by atoms with Gasteiger partial charge in [-0.1, -0.05) is 6.92 Å². The molecule has 2 atom stereocenters. The number of carbonyl (C=O) groups is 1. The zero-order chi connectivity index (χ0) is 23.8. The van der Waals surface area contributed by atoms with Gasteiger partial charge in [-0.2, -0.15) is 0 Å². The molecule has 7 nitrogen and oxygen atoms in total. The lowest BCUT2D eigenvalue weighted by atomic mass is 9.97. The van der Waals surface area contributed by atoms with Crippen LogP contribution in [0.2, 0.25) is 0 Å². The number of anilines is 1. The Hall–Kier alpha value is -3.20. The number of H-pyrrole nitrogens is 1. The van der Waals surface area contributed by atoms with E-state index in [9.17, 15) is 13.6 Å². The Labute approximate surface area is 191 Å². The van der Waals surface area contributed by atoms with Crippen molar-refractivity contribution in [2.45, 2.75) is 39.0 Å². The number of allylic oxidation sites excluding steroid dienone is 3. The summed E-state index contributed by atoms with van der Waals surface area (Å²) in [5.74, 6) is -1.18. The molecule has 33 heavy (non-hydrogen) atoms. The Balaban J connectivity index is 1.78. The third-order valence-electron chi connectivity index (χ3n) is 5.96. The fraction of sp³-hybridized carbons (Fsp3) is 0.417. The molecule has 0 saturated heterocycles. The number of hydrogen-bond acceptors (Lipinski definition) is 5. The van der Waals surface area contributed by atoms with Crippen molar-refractivity contribution in [2.75, 3.05) is 25.6 Å². The normalized spacial score (nSPS) is 20.5. The van der Waals surface area contributed by atoms with Crippen LogP contribution in [0.4, 0.5) is 14.5 Å². The predicted octanol–water partition coefficient (Wildman–Crippen LogP) is 4.30. The molecule has 2 aliphatic rings. The van der Waals surface area contributed by atoms with Gasteiger partial charge in [-0.25, -0.2) is 8.78 Å². The number of halogens is 2. The number of hydrogen-bond donors (Lipinski definition) is 3. The van der Waals surface area contributed by atoms with Crippen LogP contribution in [0, 0.1) is 5.92 Å². The van der Waals surface area contributed by atoms with Gasteiger partial charge in [-0.05, 0) is 32.1 Å². The maximum Gasteiger partial charge on any atom is 0.255 e. The summed E-state index contributed by atoms with van der Waals surface area (Å²) in [4.78, 5) is 20.2. The molecule has 3 N–H and O–H groups in total.